The van der Waals surface area contributed by atoms with E-state index >= 15 is 0 Å². The highest BCUT2D eigenvalue weighted by atomic mass is 35.5. The van der Waals surface area contributed by atoms with Gasteiger partial charge in [-0.1, -0.05) is 67.4 Å². The molecule has 1 amide bonds. The Balaban J connectivity index is 1.83. The molecule has 1 aliphatic rings. The summed E-state index contributed by atoms with van der Waals surface area (Å²) in [6.07, 6.45) is 0.825. The van der Waals surface area contributed by atoms with Gasteiger partial charge in [-0.2, -0.15) is 5.01 Å². The number of ether oxygens (including phenoxy) is 1. The monoisotopic (exact) mass is 545 g/mol. The molecule has 37 heavy (non-hydrogen) atoms. The van der Waals surface area contributed by atoms with Crippen LogP contribution in [0.4, 0.5) is 8.78 Å². The van der Waals surface area contributed by atoms with E-state index in [4.69, 9.17) is 33.7 Å². The third-order valence-electron chi connectivity index (χ3n) is 6.31. The first-order chi connectivity index (χ1) is 17.6. The number of amides is 1. The quantitative estimate of drug-likeness (QED) is 0.344. The minimum Gasteiger partial charge on any atom is -0.443 e. The van der Waals surface area contributed by atoms with Crippen LogP contribution in [0.1, 0.15) is 43.4 Å². The summed E-state index contributed by atoms with van der Waals surface area (Å²) in [6, 6.07) is 17.3. The molecule has 4 rings (SSSR count). The predicted octanol–water partition coefficient (Wildman–Crippen LogP) is 6.65. The first kappa shape index (κ1) is 27.0. The highest BCUT2D eigenvalue weighted by Gasteiger charge is 2.52. The molecule has 0 bridgehead atoms. The number of benzene rings is 3. The molecule has 1 aliphatic heterocycles. The Morgan fingerprint density at radius 2 is 1.68 bits per heavy atom. The Kier molecular flexibility index (Phi) is 7.88. The van der Waals surface area contributed by atoms with Gasteiger partial charge in [0.25, 0.3) is 5.91 Å². The Morgan fingerprint density at radius 1 is 1.03 bits per heavy atom. The van der Waals surface area contributed by atoms with Crippen molar-refractivity contribution in [2.45, 2.75) is 38.8 Å². The van der Waals surface area contributed by atoms with Crippen LogP contribution in [0.3, 0.4) is 0 Å². The van der Waals surface area contributed by atoms with Gasteiger partial charge < -0.3 is 10.5 Å². The topological polar surface area (TPSA) is 67.9 Å². The zero-order valence-corrected chi connectivity index (χ0v) is 22.0. The summed E-state index contributed by atoms with van der Waals surface area (Å²) < 4.78 is 35.8. The fraction of sp³-hybridized carbons (Fsp3) is 0.286. The summed E-state index contributed by atoms with van der Waals surface area (Å²) in [5.41, 5.74) is 4.27. The molecule has 1 heterocycles. The molecule has 194 valence electrons. The van der Waals surface area contributed by atoms with Gasteiger partial charge in [0.2, 0.25) is 11.6 Å². The number of rotatable bonds is 8. The number of hydrogen-bond acceptors (Lipinski definition) is 4. The lowest BCUT2D eigenvalue weighted by Gasteiger charge is -2.39. The summed E-state index contributed by atoms with van der Waals surface area (Å²) in [6.45, 7) is 3.72. The number of nitrogens with two attached hydrogens (primary N) is 1. The van der Waals surface area contributed by atoms with Crippen molar-refractivity contribution in [3.05, 3.63) is 105 Å². The third-order valence-corrected chi connectivity index (χ3v) is 6.78. The van der Waals surface area contributed by atoms with Gasteiger partial charge in [0.05, 0.1) is 5.56 Å². The standard InChI is InChI=1S/C28H27Cl2F2N3O2/c1-27(2,17-18-15-20(29)9-11-23(18)31)26(36)35-28(13-6-14-33,19-7-4-3-5-8-19)37-25(34-35)22-16-21(30)10-12-24(22)32/h3-5,7-12,15-16H,6,13-14,17,33H2,1-2H3. The zero-order chi connectivity index (χ0) is 26.8. The van der Waals surface area contributed by atoms with Gasteiger partial charge in [0, 0.05) is 27.4 Å². The van der Waals surface area contributed by atoms with E-state index in [9.17, 15) is 13.6 Å². The lowest BCUT2D eigenvalue weighted by atomic mass is 9.83. The maximum absolute atomic E-state index is 14.9. The van der Waals surface area contributed by atoms with Crippen molar-refractivity contribution in [1.29, 1.82) is 0 Å². The number of halogens is 4. The van der Waals surface area contributed by atoms with Crippen molar-refractivity contribution in [3.8, 4) is 0 Å². The van der Waals surface area contributed by atoms with Crippen LogP contribution in [0.5, 0.6) is 0 Å². The Bertz CT molecular complexity index is 1330. The zero-order valence-electron chi connectivity index (χ0n) is 20.5. The predicted molar refractivity (Wildman–Crippen MR) is 141 cm³/mol. The second-order valence-corrected chi connectivity index (χ2v) is 10.5. The average Bonchev–Trinajstić information content (AvgIpc) is 3.26. The number of carbonyl (C=O) groups excluding carboxylic acids is 1. The van der Waals surface area contributed by atoms with Crippen LogP contribution in [0, 0.1) is 17.0 Å². The fourth-order valence-corrected chi connectivity index (χ4v) is 4.78. The molecule has 0 radical (unpaired) electrons. The Hall–Kier alpha value is -3.00. The smallest absolute Gasteiger partial charge is 0.252 e. The first-order valence-corrected chi connectivity index (χ1v) is 12.6. The molecule has 0 saturated heterocycles. The van der Waals surface area contributed by atoms with Crippen LogP contribution in [0.15, 0.2) is 71.8 Å². The van der Waals surface area contributed by atoms with Crippen molar-refractivity contribution < 1.29 is 18.3 Å². The number of carbonyl (C=O) groups is 1. The van der Waals surface area contributed by atoms with Gasteiger partial charge in [0.1, 0.15) is 11.6 Å². The summed E-state index contributed by atoms with van der Waals surface area (Å²) in [5.74, 6) is -1.59. The molecule has 0 saturated carbocycles. The highest BCUT2D eigenvalue weighted by molar-refractivity contribution is 6.31. The molecular weight excluding hydrogens is 519 g/mol. The largest absolute Gasteiger partial charge is 0.443 e. The summed E-state index contributed by atoms with van der Waals surface area (Å²) >= 11 is 12.2. The molecule has 9 heteroatoms. The van der Waals surface area contributed by atoms with Crippen LogP contribution in [0.25, 0.3) is 0 Å². The molecule has 1 atom stereocenters. The minimum absolute atomic E-state index is 0.0227. The molecule has 2 N–H and O–H groups in total. The lowest BCUT2D eigenvalue weighted by Crippen LogP contribution is -2.50. The number of hydrazone groups is 1. The van der Waals surface area contributed by atoms with E-state index in [1.165, 1.54) is 41.4 Å². The van der Waals surface area contributed by atoms with Crippen molar-refractivity contribution in [3.63, 3.8) is 0 Å². The van der Waals surface area contributed by atoms with E-state index in [0.29, 0.717) is 29.1 Å². The fourth-order valence-electron chi connectivity index (χ4n) is 4.41. The lowest BCUT2D eigenvalue weighted by molar-refractivity contribution is -0.162. The van der Waals surface area contributed by atoms with Crippen molar-refractivity contribution in [1.82, 2.24) is 5.01 Å². The number of hydrogen-bond donors (Lipinski definition) is 1. The molecule has 0 aromatic heterocycles. The first-order valence-electron chi connectivity index (χ1n) is 11.8. The van der Waals surface area contributed by atoms with Gasteiger partial charge in [0.15, 0.2) is 0 Å². The molecule has 0 spiro atoms. The third kappa shape index (κ3) is 5.49. The molecular formula is C28H27Cl2F2N3O2. The molecule has 3 aromatic carbocycles. The van der Waals surface area contributed by atoms with E-state index in [1.807, 2.05) is 30.3 Å². The van der Waals surface area contributed by atoms with E-state index < -0.39 is 28.7 Å². The number of nitrogens with zero attached hydrogens (tertiary/aromatic N) is 2. The van der Waals surface area contributed by atoms with E-state index in [1.54, 1.807) is 13.8 Å². The van der Waals surface area contributed by atoms with Crippen LogP contribution < -0.4 is 5.73 Å². The molecule has 1 unspecified atom stereocenters. The molecule has 5 nitrogen and oxygen atoms in total. The van der Waals surface area contributed by atoms with E-state index in [0.717, 1.165) is 0 Å². The minimum atomic E-state index is -1.40. The van der Waals surface area contributed by atoms with Gasteiger partial charge in [-0.15, -0.1) is 5.10 Å². The van der Waals surface area contributed by atoms with Crippen LogP contribution in [0.2, 0.25) is 10.0 Å². The highest BCUT2D eigenvalue weighted by Crippen LogP contribution is 2.44. The van der Waals surface area contributed by atoms with Crippen LogP contribution >= 0.6 is 23.2 Å². The maximum atomic E-state index is 14.9. The van der Waals surface area contributed by atoms with Crippen molar-refractivity contribution in [2.24, 2.45) is 16.3 Å². The maximum Gasteiger partial charge on any atom is 0.252 e. The van der Waals surface area contributed by atoms with E-state index in [-0.39, 0.29) is 29.3 Å². The normalized spacial score (nSPS) is 17.5. The summed E-state index contributed by atoms with van der Waals surface area (Å²) in [5, 5.41) is 6.41. The SMILES string of the molecule is CC(C)(Cc1cc(Cl)ccc1F)C(=O)N1N=C(c2cc(Cl)ccc2F)OC1(CCCN)c1ccccc1. The van der Waals surface area contributed by atoms with Gasteiger partial charge in [-0.05, 0) is 61.3 Å². The Morgan fingerprint density at radius 3 is 2.35 bits per heavy atom. The van der Waals surface area contributed by atoms with Crippen LogP contribution in [-0.2, 0) is 21.7 Å². The molecule has 0 fully saturated rings. The second-order valence-electron chi connectivity index (χ2n) is 9.59. The summed E-state index contributed by atoms with van der Waals surface area (Å²) in [4.78, 5) is 14.2. The van der Waals surface area contributed by atoms with Crippen LogP contribution in [-0.4, -0.2) is 23.4 Å². The average molecular weight is 546 g/mol. The van der Waals surface area contributed by atoms with Crippen molar-refractivity contribution >= 4 is 35.0 Å². The van der Waals surface area contributed by atoms with Crippen molar-refractivity contribution in [2.75, 3.05) is 6.54 Å². The van der Waals surface area contributed by atoms with Gasteiger partial charge in [-0.3, -0.25) is 4.79 Å². The Labute approximate surface area is 224 Å². The molecule has 3 aromatic rings. The molecule has 0 aliphatic carbocycles. The van der Waals surface area contributed by atoms with Gasteiger partial charge >= 0.3 is 0 Å². The second kappa shape index (κ2) is 10.8. The summed E-state index contributed by atoms with van der Waals surface area (Å²) in [7, 11) is 0. The van der Waals surface area contributed by atoms with Gasteiger partial charge in [-0.25, -0.2) is 8.78 Å². The van der Waals surface area contributed by atoms with E-state index in [2.05, 4.69) is 5.10 Å².